The van der Waals surface area contributed by atoms with Crippen molar-refractivity contribution < 1.29 is 14.3 Å². The number of ether oxygens (including phenoxy) is 2. The molecule has 0 radical (unpaired) electrons. The average molecular weight is 537 g/mol. The lowest BCUT2D eigenvalue weighted by molar-refractivity contribution is -0.146. The Hall–Kier alpha value is -3.39. The first kappa shape index (κ1) is 26.2. The van der Waals surface area contributed by atoms with Crippen LogP contribution < -0.4 is 4.74 Å². The molecule has 0 N–H and O–H groups in total. The number of nitrogens with zero attached hydrogens (tertiary/aromatic N) is 4. The summed E-state index contributed by atoms with van der Waals surface area (Å²) in [6, 6.07) is 19.1. The van der Waals surface area contributed by atoms with Crippen LogP contribution in [0.25, 0.3) is 0 Å². The van der Waals surface area contributed by atoms with E-state index in [0.717, 1.165) is 28.2 Å². The van der Waals surface area contributed by atoms with E-state index >= 15 is 0 Å². The third-order valence-electron chi connectivity index (χ3n) is 4.99. The Bertz CT molecular complexity index is 1230. The Morgan fingerprint density at radius 2 is 1.34 bits per heavy atom. The summed E-state index contributed by atoms with van der Waals surface area (Å²) in [5, 5.41) is 17.3. The molecule has 0 spiro atoms. The van der Waals surface area contributed by atoms with Gasteiger partial charge in [-0.05, 0) is 94.3 Å². The fourth-order valence-corrected chi connectivity index (χ4v) is 3.08. The molecule has 7 nitrogen and oxygen atoms in total. The van der Waals surface area contributed by atoms with E-state index in [1.165, 1.54) is 5.56 Å². The maximum Gasteiger partial charge on any atom is 0.322 e. The van der Waals surface area contributed by atoms with Crippen LogP contribution in [0.4, 0.5) is 22.7 Å². The molecule has 3 rings (SSSR count). The van der Waals surface area contributed by atoms with Gasteiger partial charge in [0.15, 0.2) is 0 Å². The number of carbonyl (C=O) groups is 1. The molecule has 0 fully saturated rings. The number of esters is 1. The Kier molecular flexibility index (Phi) is 8.87. The van der Waals surface area contributed by atoms with Gasteiger partial charge in [-0.25, -0.2) is 0 Å². The lowest BCUT2D eigenvalue weighted by atomic mass is 10.2. The number of aryl methyl sites for hydroxylation is 3. The molecule has 8 heteroatoms. The molecule has 0 aliphatic carbocycles. The van der Waals surface area contributed by atoms with E-state index in [2.05, 4.69) is 36.4 Å². The molecule has 3 aromatic rings. The Morgan fingerprint density at radius 3 is 1.97 bits per heavy atom. The van der Waals surface area contributed by atoms with Crippen molar-refractivity contribution in [2.45, 2.75) is 38.9 Å². The van der Waals surface area contributed by atoms with Gasteiger partial charge in [-0.2, -0.15) is 20.5 Å². The monoisotopic (exact) mass is 536 g/mol. The molecule has 0 unspecified atom stereocenters. The van der Waals surface area contributed by atoms with Crippen LogP contribution in [-0.2, 0) is 9.53 Å². The predicted molar refractivity (Wildman–Crippen MR) is 141 cm³/mol. The van der Waals surface area contributed by atoms with E-state index in [1.54, 1.807) is 13.8 Å². The zero-order valence-corrected chi connectivity index (χ0v) is 22.2. The zero-order valence-electron chi connectivity index (χ0n) is 20.6. The van der Waals surface area contributed by atoms with Crippen LogP contribution in [0.5, 0.6) is 5.75 Å². The van der Waals surface area contributed by atoms with Crippen LogP contribution in [0.2, 0.25) is 0 Å². The minimum Gasteiger partial charge on any atom is -0.490 e. The first-order valence-electron chi connectivity index (χ1n) is 11.2. The van der Waals surface area contributed by atoms with E-state index in [-0.39, 0.29) is 19.2 Å². The number of benzene rings is 3. The van der Waals surface area contributed by atoms with Crippen LogP contribution in [0.3, 0.4) is 0 Å². The van der Waals surface area contributed by atoms with E-state index < -0.39 is 4.32 Å². The van der Waals surface area contributed by atoms with Crippen molar-refractivity contribution >= 4 is 44.6 Å². The topological polar surface area (TPSA) is 85.0 Å². The van der Waals surface area contributed by atoms with Crippen molar-refractivity contribution in [3.05, 3.63) is 77.4 Å². The number of carbonyl (C=O) groups excluding carboxylic acids is 1. The second kappa shape index (κ2) is 11.8. The standard InChI is InChI=1S/C27H29BrN4O3/c1-18-6-8-21(9-7-18)29-30-22-10-12-24(19(2)16-22)32-31-23-11-13-25(20(3)17-23)34-14-15-35-26(33)27(4,5)28/h6-13,16-17H,14-15H2,1-5H3. The van der Waals surface area contributed by atoms with E-state index in [0.29, 0.717) is 11.4 Å². The third-order valence-corrected chi connectivity index (χ3v) is 5.31. The molecule has 3 aromatic carbocycles. The molecule has 0 saturated heterocycles. The summed E-state index contributed by atoms with van der Waals surface area (Å²) in [5.74, 6) is 0.379. The highest BCUT2D eigenvalue weighted by Crippen LogP contribution is 2.29. The van der Waals surface area contributed by atoms with Gasteiger partial charge in [-0.3, -0.25) is 4.79 Å². The number of alkyl halides is 1. The normalized spacial score (nSPS) is 11.8. The van der Waals surface area contributed by atoms with Gasteiger partial charge in [0, 0.05) is 0 Å². The van der Waals surface area contributed by atoms with Crippen LogP contribution in [0.1, 0.15) is 30.5 Å². The summed E-state index contributed by atoms with van der Waals surface area (Å²) in [6.45, 7) is 9.85. The van der Waals surface area contributed by atoms with Gasteiger partial charge in [-0.1, -0.05) is 33.6 Å². The minimum absolute atomic E-state index is 0.175. The second-order valence-corrected chi connectivity index (χ2v) is 10.6. The zero-order chi connectivity index (χ0) is 25.4. The van der Waals surface area contributed by atoms with Crippen molar-refractivity contribution in [1.82, 2.24) is 0 Å². The predicted octanol–water partition coefficient (Wildman–Crippen LogP) is 8.54. The quantitative estimate of drug-likeness (QED) is 0.119. The summed E-state index contributed by atoms with van der Waals surface area (Å²) in [7, 11) is 0. The number of azo groups is 2. The van der Waals surface area contributed by atoms with Crippen LogP contribution >= 0.6 is 15.9 Å². The molecular weight excluding hydrogens is 508 g/mol. The molecule has 0 aromatic heterocycles. The SMILES string of the molecule is Cc1ccc(N=Nc2ccc(N=Nc3ccc(OCCOC(=O)C(C)(C)Br)c(C)c3)c(C)c2)cc1. The van der Waals surface area contributed by atoms with E-state index in [1.807, 2.05) is 81.4 Å². The Labute approximate surface area is 214 Å². The molecule has 0 amide bonds. The number of hydrogen-bond donors (Lipinski definition) is 0. The van der Waals surface area contributed by atoms with Gasteiger partial charge in [0.1, 0.15) is 23.3 Å². The van der Waals surface area contributed by atoms with Gasteiger partial charge < -0.3 is 9.47 Å². The smallest absolute Gasteiger partial charge is 0.322 e. The molecule has 0 aliphatic heterocycles. The van der Waals surface area contributed by atoms with Crippen molar-refractivity contribution in [3.8, 4) is 5.75 Å². The molecule has 0 saturated carbocycles. The third kappa shape index (κ3) is 8.10. The fourth-order valence-electron chi connectivity index (χ4n) is 2.97. The van der Waals surface area contributed by atoms with Crippen molar-refractivity contribution in [3.63, 3.8) is 0 Å². The lowest BCUT2D eigenvalue weighted by Crippen LogP contribution is -2.28. The first-order valence-corrected chi connectivity index (χ1v) is 12.0. The number of rotatable bonds is 9. The number of halogens is 1. The lowest BCUT2D eigenvalue weighted by Gasteiger charge is -2.15. The van der Waals surface area contributed by atoms with Gasteiger partial charge in [0.2, 0.25) is 0 Å². The maximum absolute atomic E-state index is 11.8. The molecule has 35 heavy (non-hydrogen) atoms. The van der Waals surface area contributed by atoms with E-state index in [4.69, 9.17) is 9.47 Å². The van der Waals surface area contributed by atoms with Crippen LogP contribution in [0.15, 0.2) is 81.1 Å². The largest absolute Gasteiger partial charge is 0.490 e. The van der Waals surface area contributed by atoms with Crippen LogP contribution in [-0.4, -0.2) is 23.5 Å². The highest BCUT2D eigenvalue weighted by molar-refractivity contribution is 9.10. The highest BCUT2D eigenvalue weighted by Gasteiger charge is 2.25. The summed E-state index contributed by atoms with van der Waals surface area (Å²) < 4.78 is 10.2. The van der Waals surface area contributed by atoms with Gasteiger partial charge in [0.05, 0.1) is 22.7 Å². The maximum atomic E-state index is 11.8. The molecular formula is C27H29BrN4O3. The fraction of sp³-hybridized carbons (Fsp3) is 0.296. The number of hydrogen-bond acceptors (Lipinski definition) is 7. The summed E-state index contributed by atoms with van der Waals surface area (Å²) in [4.78, 5) is 11.8. The summed E-state index contributed by atoms with van der Waals surface area (Å²) in [5.41, 5.74) is 6.08. The molecule has 0 aliphatic rings. The highest BCUT2D eigenvalue weighted by atomic mass is 79.9. The first-order chi connectivity index (χ1) is 16.6. The molecule has 0 bridgehead atoms. The Morgan fingerprint density at radius 1 is 0.771 bits per heavy atom. The average Bonchev–Trinajstić information content (AvgIpc) is 2.81. The Balaban J connectivity index is 1.57. The second-order valence-electron chi connectivity index (χ2n) is 8.61. The van der Waals surface area contributed by atoms with Crippen molar-refractivity contribution in [1.29, 1.82) is 0 Å². The summed E-state index contributed by atoms with van der Waals surface area (Å²) in [6.07, 6.45) is 0. The van der Waals surface area contributed by atoms with Crippen molar-refractivity contribution in [2.75, 3.05) is 13.2 Å². The summed E-state index contributed by atoms with van der Waals surface area (Å²) >= 11 is 3.27. The molecule has 182 valence electrons. The molecule has 0 heterocycles. The van der Waals surface area contributed by atoms with E-state index in [9.17, 15) is 4.79 Å². The van der Waals surface area contributed by atoms with Gasteiger partial charge in [-0.15, -0.1) is 0 Å². The van der Waals surface area contributed by atoms with Crippen molar-refractivity contribution in [2.24, 2.45) is 20.5 Å². The van der Waals surface area contributed by atoms with Crippen LogP contribution in [0, 0.1) is 20.8 Å². The van der Waals surface area contributed by atoms with Gasteiger partial charge >= 0.3 is 5.97 Å². The molecule has 0 atom stereocenters. The minimum atomic E-state index is -0.709. The van der Waals surface area contributed by atoms with Gasteiger partial charge in [0.25, 0.3) is 0 Å².